The Labute approximate surface area is 93.4 Å². The summed E-state index contributed by atoms with van der Waals surface area (Å²) in [5, 5.41) is 13.8. The lowest BCUT2D eigenvalue weighted by Crippen LogP contribution is -2.40. The van der Waals surface area contributed by atoms with Gasteiger partial charge in [0.2, 0.25) is 5.91 Å². The van der Waals surface area contributed by atoms with Gasteiger partial charge in [0.25, 0.3) is 5.95 Å². The predicted molar refractivity (Wildman–Crippen MR) is 57.4 cm³/mol. The molecule has 0 radical (unpaired) electrons. The Morgan fingerprint density at radius 3 is 2.81 bits per heavy atom. The standard InChI is InChI=1S/C9H16N6O/c1-15-13-8(12-14-15)11-7(16)6-9(10)4-2-3-5-9/h2-6,10H2,1H3,(H,11,13,16). The van der Waals surface area contributed by atoms with Gasteiger partial charge in [0.15, 0.2) is 0 Å². The van der Waals surface area contributed by atoms with E-state index in [0.29, 0.717) is 6.42 Å². The van der Waals surface area contributed by atoms with E-state index in [-0.39, 0.29) is 17.4 Å². The Morgan fingerprint density at radius 1 is 1.56 bits per heavy atom. The number of aromatic nitrogens is 4. The number of carbonyl (C=O) groups excluding carboxylic acids is 1. The van der Waals surface area contributed by atoms with E-state index in [2.05, 4.69) is 20.7 Å². The zero-order valence-electron chi connectivity index (χ0n) is 9.31. The molecule has 0 unspecified atom stereocenters. The van der Waals surface area contributed by atoms with Gasteiger partial charge in [-0.15, -0.1) is 5.10 Å². The summed E-state index contributed by atoms with van der Waals surface area (Å²) in [5.74, 6) is 0.0893. The van der Waals surface area contributed by atoms with Crippen molar-refractivity contribution in [1.29, 1.82) is 0 Å². The molecule has 0 bridgehead atoms. The van der Waals surface area contributed by atoms with Crippen LogP contribution in [0.25, 0.3) is 0 Å². The van der Waals surface area contributed by atoms with Gasteiger partial charge >= 0.3 is 0 Å². The number of aryl methyl sites for hydroxylation is 1. The lowest BCUT2D eigenvalue weighted by molar-refractivity contribution is -0.117. The van der Waals surface area contributed by atoms with E-state index in [4.69, 9.17) is 5.73 Å². The summed E-state index contributed by atoms with van der Waals surface area (Å²) < 4.78 is 0. The molecule has 1 heterocycles. The average molecular weight is 224 g/mol. The van der Waals surface area contributed by atoms with E-state index in [1.165, 1.54) is 4.80 Å². The number of rotatable bonds is 3. The molecule has 0 aliphatic heterocycles. The number of carbonyl (C=O) groups is 1. The van der Waals surface area contributed by atoms with Crippen LogP contribution in [0.15, 0.2) is 0 Å². The van der Waals surface area contributed by atoms with E-state index >= 15 is 0 Å². The van der Waals surface area contributed by atoms with Crippen LogP contribution in [0, 0.1) is 0 Å². The van der Waals surface area contributed by atoms with E-state index in [1.807, 2.05) is 0 Å². The number of nitrogens with zero attached hydrogens (tertiary/aromatic N) is 4. The van der Waals surface area contributed by atoms with Crippen LogP contribution in [0.3, 0.4) is 0 Å². The highest BCUT2D eigenvalue weighted by molar-refractivity contribution is 5.89. The van der Waals surface area contributed by atoms with Crippen molar-refractivity contribution in [3.63, 3.8) is 0 Å². The number of nitrogens with two attached hydrogens (primary N) is 1. The Kier molecular flexibility index (Phi) is 2.86. The van der Waals surface area contributed by atoms with Crippen molar-refractivity contribution < 1.29 is 4.79 Å². The molecule has 7 heteroatoms. The third-order valence-electron chi connectivity index (χ3n) is 2.87. The molecule has 1 aromatic heterocycles. The second kappa shape index (κ2) is 4.17. The highest BCUT2D eigenvalue weighted by Gasteiger charge is 2.31. The largest absolute Gasteiger partial charge is 0.325 e. The predicted octanol–water partition coefficient (Wildman–Crippen LogP) is -0.190. The van der Waals surface area contributed by atoms with Gasteiger partial charge in [-0.1, -0.05) is 17.9 Å². The Balaban J connectivity index is 1.89. The third kappa shape index (κ3) is 2.54. The van der Waals surface area contributed by atoms with Crippen molar-refractivity contribution >= 4 is 11.9 Å². The van der Waals surface area contributed by atoms with Gasteiger partial charge in [-0.2, -0.15) is 4.80 Å². The first kappa shape index (κ1) is 11.0. The maximum absolute atomic E-state index is 11.7. The molecule has 1 aliphatic rings. The molecule has 1 amide bonds. The van der Waals surface area contributed by atoms with Gasteiger partial charge in [0.05, 0.1) is 7.05 Å². The van der Waals surface area contributed by atoms with Crippen LogP contribution in [0.1, 0.15) is 32.1 Å². The first-order chi connectivity index (χ1) is 7.57. The minimum absolute atomic E-state index is 0.141. The van der Waals surface area contributed by atoms with Crippen LogP contribution in [0.4, 0.5) is 5.95 Å². The molecule has 88 valence electrons. The number of hydrogen-bond acceptors (Lipinski definition) is 5. The molecular formula is C9H16N6O. The molecule has 16 heavy (non-hydrogen) atoms. The molecule has 7 nitrogen and oxygen atoms in total. The van der Waals surface area contributed by atoms with E-state index in [0.717, 1.165) is 25.7 Å². The van der Waals surface area contributed by atoms with Crippen molar-refractivity contribution in [3.05, 3.63) is 0 Å². The number of anilines is 1. The van der Waals surface area contributed by atoms with Crippen LogP contribution >= 0.6 is 0 Å². The van der Waals surface area contributed by atoms with Gasteiger partial charge in [-0.25, -0.2) is 0 Å². The van der Waals surface area contributed by atoms with Crippen molar-refractivity contribution in [2.45, 2.75) is 37.6 Å². The molecule has 2 rings (SSSR count). The molecule has 1 aliphatic carbocycles. The van der Waals surface area contributed by atoms with Crippen molar-refractivity contribution in [2.24, 2.45) is 12.8 Å². The fourth-order valence-corrected chi connectivity index (χ4v) is 2.08. The Hall–Kier alpha value is -1.50. The molecule has 0 saturated heterocycles. The maximum Gasteiger partial charge on any atom is 0.270 e. The highest BCUT2D eigenvalue weighted by Crippen LogP contribution is 2.30. The maximum atomic E-state index is 11.7. The molecule has 0 atom stereocenters. The van der Waals surface area contributed by atoms with Gasteiger partial charge in [0.1, 0.15) is 0 Å². The quantitative estimate of drug-likeness (QED) is 0.741. The van der Waals surface area contributed by atoms with E-state index in [1.54, 1.807) is 7.05 Å². The fourth-order valence-electron chi connectivity index (χ4n) is 2.08. The zero-order valence-corrected chi connectivity index (χ0v) is 9.31. The number of amides is 1. The Bertz CT molecular complexity index is 381. The number of nitrogens with one attached hydrogen (secondary N) is 1. The minimum atomic E-state index is -0.341. The van der Waals surface area contributed by atoms with Crippen LogP contribution in [0.5, 0.6) is 0 Å². The van der Waals surface area contributed by atoms with E-state index < -0.39 is 0 Å². The summed E-state index contributed by atoms with van der Waals surface area (Å²) in [7, 11) is 1.64. The fraction of sp³-hybridized carbons (Fsp3) is 0.778. The summed E-state index contributed by atoms with van der Waals surface area (Å²) >= 11 is 0. The molecule has 3 N–H and O–H groups in total. The summed E-state index contributed by atoms with van der Waals surface area (Å²) in [4.78, 5) is 13.0. The van der Waals surface area contributed by atoms with E-state index in [9.17, 15) is 4.79 Å². The average Bonchev–Trinajstić information content (AvgIpc) is 2.75. The van der Waals surface area contributed by atoms with Crippen LogP contribution in [-0.4, -0.2) is 31.7 Å². The van der Waals surface area contributed by atoms with Gasteiger partial charge in [-0.3, -0.25) is 10.1 Å². The van der Waals surface area contributed by atoms with Crippen LogP contribution in [-0.2, 0) is 11.8 Å². The van der Waals surface area contributed by atoms with Crippen molar-refractivity contribution in [2.75, 3.05) is 5.32 Å². The summed E-state index contributed by atoms with van der Waals surface area (Å²) in [6.07, 6.45) is 4.36. The van der Waals surface area contributed by atoms with Crippen LogP contribution < -0.4 is 11.1 Å². The normalized spacial score (nSPS) is 18.6. The summed E-state index contributed by atoms with van der Waals surface area (Å²) in [6, 6.07) is 0. The molecule has 0 spiro atoms. The summed E-state index contributed by atoms with van der Waals surface area (Å²) in [5.41, 5.74) is 5.76. The van der Waals surface area contributed by atoms with Crippen molar-refractivity contribution in [3.8, 4) is 0 Å². The lowest BCUT2D eigenvalue weighted by atomic mass is 9.94. The molecule has 1 aromatic rings. The Morgan fingerprint density at radius 2 is 2.25 bits per heavy atom. The lowest BCUT2D eigenvalue weighted by Gasteiger charge is -2.21. The number of tetrazole rings is 1. The second-order valence-corrected chi connectivity index (χ2v) is 4.40. The minimum Gasteiger partial charge on any atom is -0.325 e. The van der Waals surface area contributed by atoms with Gasteiger partial charge in [0, 0.05) is 12.0 Å². The first-order valence-electron chi connectivity index (χ1n) is 5.40. The van der Waals surface area contributed by atoms with Crippen molar-refractivity contribution in [1.82, 2.24) is 20.2 Å². The SMILES string of the molecule is Cn1nnc(NC(=O)CC2(N)CCCC2)n1. The molecule has 1 fully saturated rings. The topological polar surface area (TPSA) is 98.7 Å². The summed E-state index contributed by atoms with van der Waals surface area (Å²) in [6.45, 7) is 0. The third-order valence-corrected chi connectivity index (χ3v) is 2.87. The zero-order chi connectivity index (χ0) is 11.6. The van der Waals surface area contributed by atoms with Crippen LogP contribution in [0.2, 0.25) is 0 Å². The smallest absolute Gasteiger partial charge is 0.270 e. The molecule has 0 aromatic carbocycles. The van der Waals surface area contributed by atoms with Gasteiger partial charge in [-0.05, 0) is 18.1 Å². The van der Waals surface area contributed by atoms with Gasteiger partial charge < -0.3 is 5.73 Å². The molecule has 1 saturated carbocycles. The second-order valence-electron chi connectivity index (χ2n) is 4.40. The first-order valence-corrected chi connectivity index (χ1v) is 5.40. The monoisotopic (exact) mass is 224 g/mol. The number of hydrogen-bond donors (Lipinski definition) is 2. The molecular weight excluding hydrogens is 208 g/mol. The highest BCUT2D eigenvalue weighted by atomic mass is 16.1.